The second kappa shape index (κ2) is 8.39. The molecule has 0 saturated heterocycles. The molecule has 0 amide bonds. The van der Waals surface area contributed by atoms with Crippen LogP contribution in [0.5, 0.6) is 0 Å². The van der Waals surface area contributed by atoms with Crippen molar-refractivity contribution in [1.29, 1.82) is 0 Å². The topological polar surface area (TPSA) is 0 Å². The van der Waals surface area contributed by atoms with Gasteiger partial charge in [0.05, 0.1) is 0 Å². The van der Waals surface area contributed by atoms with Crippen molar-refractivity contribution >= 4 is 26.6 Å². The van der Waals surface area contributed by atoms with Crippen LogP contribution in [0.3, 0.4) is 0 Å². The van der Waals surface area contributed by atoms with Crippen molar-refractivity contribution in [3.8, 4) is 0 Å². The fourth-order valence-electron chi connectivity index (χ4n) is 3.22. The average Bonchev–Trinajstić information content (AvgIpc) is 2.62. The Kier molecular flexibility index (Phi) is 6.51. The van der Waals surface area contributed by atoms with Gasteiger partial charge < -0.3 is 12.4 Å². The van der Waals surface area contributed by atoms with E-state index in [4.69, 9.17) is 0 Å². The molecule has 0 fully saturated rings. The first-order chi connectivity index (χ1) is 10.9. The Balaban J connectivity index is 0.00000192. The van der Waals surface area contributed by atoms with Gasteiger partial charge in [-0.3, -0.25) is 0 Å². The molecule has 0 heterocycles. The molecule has 118 valence electrons. The molecule has 0 N–H and O–H groups in total. The van der Waals surface area contributed by atoms with Crippen molar-refractivity contribution in [3.63, 3.8) is 0 Å². The maximum absolute atomic E-state index is 2.36. The van der Waals surface area contributed by atoms with Crippen molar-refractivity contribution in [3.05, 3.63) is 91.0 Å². The summed E-state index contributed by atoms with van der Waals surface area (Å²) >= 11 is -2.36. The molecule has 0 aromatic heterocycles. The van der Waals surface area contributed by atoms with E-state index < -0.39 is 13.6 Å². The normalized spacial score (nSPS) is 10.8. The van der Waals surface area contributed by atoms with Gasteiger partial charge in [-0.2, -0.15) is 0 Å². The van der Waals surface area contributed by atoms with Gasteiger partial charge >= 0.3 is 136 Å². The van der Waals surface area contributed by atoms with Gasteiger partial charge in [-0.1, -0.05) is 0 Å². The minimum atomic E-state index is -2.36. The Labute approximate surface area is 148 Å². The summed E-state index contributed by atoms with van der Waals surface area (Å²) in [4.78, 5) is 0. The van der Waals surface area contributed by atoms with Crippen LogP contribution in [0.4, 0.5) is 0 Å². The van der Waals surface area contributed by atoms with Crippen molar-refractivity contribution < 1.29 is 12.4 Å². The van der Waals surface area contributed by atoms with Crippen LogP contribution in [0.25, 0.3) is 0 Å². The van der Waals surface area contributed by atoms with Crippen LogP contribution in [0.15, 0.2) is 91.0 Å². The molecule has 0 aliphatic carbocycles. The Morgan fingerprint density at radius 1 is 0.565 bits per heavy atom. The maximum atomic E-state index is 2.34. The van der Waals surface area contributed by atoms with E-state index in [1.54, 1.807) is 13.1 Å². The molecule has 3 rings (SSSR count). The van der Waals surface area contributed by atoms with Gasteiger partial charge in [0, 0.05) is 0 Å². The largest absolute Gasteiger partial charge is 1.00 e. The van der Waals surface area contributed by atoms with Crippen molar-refractivity contribution in [2.24, 2.45) is 0 Å². The van der Waals surface area contributed by atoms with Crippen molar-refractivity contribution in [2.45, 2.75) is 18.6 Å². The third kappa shape index (κ3) is 3.55. The van der Waals surface area contributed by atoms with Crippen LogP contribution in [0.1, 0.15) is 13.3 Å². The molecule has 0 spiro atoms. The predicted octanol–water partition coefficient (Wildman–Crippen LogP) is 0.571. The fourth-order valence-corrected chi connectivity index (χ4v) is 12.4. The van der Waals surface area contributed by atoms with Gasteiger partial charge in [-0.05, 0) is 0 Å². The molecule has 3 aromatic rings. The summed E-state index contributed by atoms with van der Waals surface area (Å²) < 4.78 is 4.62. The average molecular weight is 385 g/mol. The minimum Gasteiger partial charge on any atom is -1.00 e. The molecule has 0 atom stereocenters. The number of hydrogen-bond acceptors (Lipinski definition) is 0. The zero-order valence-corrected chi connectivity index (χ0v) is 16.0. The van der Waals surface area contributed by atoms with Crippen LogP contribution >= 0.6 is 0 Å². The fraction of sp³-hybridized carbons (Fsp3) is 0.143. The summed E-state index contributed by atoms with van der Waals surface area (Å²) in [6.07, 6.45) is 1.21. The number of halogens is 1. The van der Waals surface area contributed by atoms with E-state index in [0.717, 1.165) is 0 Å². The van der Waals surface area contributed by atoms with Crippen LogP contribution in [-0.4, -0.2) is 13.6 Å². The van der Waals surface area contributed by atoms with Gasteiger partial charge in [0.1, 0.15) is 0 Å². The molecule has 0 bridgehead atoms. The van der Waals surface area contributed by atoms with Crippen molar-refractivity contribution in [2.75, 3.05) is 0 Å². The molecule has 0 radical (unpaired) electrons. The van der Waals surface area contributed by atoms with E-state index in [0.29, 0.717) is 0 Å². The van der Waals surface area contributed by atoms with Gasteiger partial charge in [0.15, 0.2) is 0 Å². The molecule has 3 aromatic carbocycles. The summed E-state index contributed by atoms with van der Waals surface area (Å²) in [6.45, 7) is 2.31. The zero-order chi connectivity index (χ0) is 15.3. The van der Waals surface area contributed by atoms with Gasteiger partial charge in [-0.25, -0.2) is 0 Å². The second-order valence-corrected chi connectivity index (χ2v) is 13.1. The molecule has 0 saturated carbocycles. The first-order valence-corrected chi connectivity index (χ1v) is 12.1. The summed E-state index contributed by atoms with van der Waals surface area (Å²) in [7, 11) is 0. The molecule has 0 unspecified atom stereocenters. The van der Waals surface area contributed by atoms with E-state index in [1.807, 2.05) is 0 Å². The SMILES string of the molecule is CCC[As+](c1ccccc1)(c1ccccc1)c1ccccc1.[Cl-]. The first kappa shape index (κ1) is 17.9. The van der Waals surface area contributed by atoms with E-state index in [9.17, 15) is 0 Å². The Morgan fingerprint density at radius 2 is 0.870 bits per heavy atom. The molecule has 0 nitrogen and oxygen atoms in total. The van der Waals surface area contributed by atoms with Crippen LogP contribution in [0.2, 0.25) is 5.21 Å². The van der Waals surface area contributed by atoms with Crippen LogP contribution in [-0.2, 0) is 0 Å². The quantitative estimate of drug-likeness (QED) is 0.564. The predicted molar refractivity (Wildman–Crippen MR) is 99.1 cm³/mol. The first-order valence-electron chi connectivity index (χ1n) is 7.93. The molecular formula is C21H22AsCl. The Bertz CT molecular complexity index is 599. The molecule has 23 heavy (non-hydrogen) atoms. The van der Waals surface area contributed by atoms with Crippen LogP contribution in [0, 0.1) is 0 Å². The summed E-state index contributed by atoms with van der Waals surface area (Å²) in [5.74, 6) is 0. The maximum Gasteiger partial charge on any atom is -1.00 e. The number of rotatable bonds is 5. The third-order valence-corrected chi connectivity index (χ3v) is 13.9. The Morgan fingerprint density at radius 3 is 1.13 bits per heavy atom. The van der Waals surface area contributed by atoms with E-state index in [2.05, 4.69) is 97.9 Å². The Hall–Kier alpha value is -1.49. The monoisotopic (exact) mass is 384 g/mol. The number of benzene rings is 3. The van der Waals surface area contributed by atoms with Gasteiger partial charge in [0.2, 0.25) is 0 Å². The zero-order valence-electron chi connectivity index (χ0n) is 13.4. The standard InChI is InChI=1S/C21H22As.ClH/c1-2-18-22(19-12-6-3-7-13-19,20-14-8-4-9-15-20)21-16-10-5-11-17-21;/h3-17H,2,18H2,1H3;1H/q+1;/p-1. The number of hydrogen-bond donors (Lipinski definition) is 0. The summed E-state index contributed by atoms with van der Waals surface area (Å²) in [5.41, 5.74) is 0. The van der Waals surface area contributed by atoms with E-state index in [-0.39, 0.29) is 12.4 Å². The second-order valence-electron chi connectivity index (χ2n) is 5.54. The molecular weight excluding hydrogens is 363 g/mol. The van der Waals surface area contributed by atoms with Crippen LogP contribution < -0.4 is 25.5 Å². The summed E-state index contributed by atoms with van der Waals surface area (Å²) in [5, 5.41) is 1.27. The van der Waals surface area contributed by atoms with Gasteiger partial charge in [0.25, 0.3) is 0 Å². The summed E-state index contributed by atoms with van der Waals surface area (Å²) in [6, 6.07) is 33.5. The minimum absolute atomic E-state index is 0. The van der Waals surface area contributed by atoms with Gasteiger partial charge in [-0.15, -0.1) is 0 Å². The smallest absolute Gasteiger partial charge is 1.00 e. The van der Waals surface area contributed by atoms with E-state index in [1.165, 1.54) is 11.6 Å². The molecule has 0 aliphatic rings. The van der Waals surface area contributed by atoms with E-state index >= 15 is 0 Å². The van der Waals surface area contributed by atoms with Crippen molar-refractivity contribution in [1.82, 2.24) is 0 Å². The molecule has 0 aliphatic heterocycles. The molecule has 2 heteroatoms. The third-order valence-electron chi connectivity index (χ3n) is 4.15.